The van der Waals surface area contributed by atoms with Crippen LogP contribution in [-0.2, 0) is 10.4 Å². The number of carbonyl (C=O) groups excluding carboxylic acids is 1. The Morgan fingerprint density at radius 3 is 2.72 bits per heavy atom. The van der Waals surface area contributed by atoms with Gasteiger partial charge in [-0.2, -0.15) is 0 Å². The summed E-state index contributed by atoms with van der Waals surface area (Å²) >= 11 is 5.71. The van der Waals surface area contributed by atoms with Gasteiger partial charge in [0.25, 0.3) is 0 Å². The van der Waals surface area contributed by atoms with Crippen LogP contribution in [-0.4, -0.2) is 40.5 Å². The molecule has 0 aliphatic carbocycles. The van der Waals surface area contributed by atoms with E-state index in [0.717, 1.165) is 0 Å². The van der Waals surface area contributed by atoms with Gasteiger partial charge in [-0.05, 0) is 43.2 Å². The van der Waals surface area contributed by atoms with Gasteiger partial charge in [0.2, 0.25) is 5.91 Å². The lowest BCUT2D eigenvalue weighted by molar-refractivity contribution is -0.118. The van der Waals surface area contributed by atoms with Gasteiger partial charge in [-0.1, -0.05) is 17.7 Å². The largest absolute Gasteiger partial charge is 0.383 e. The molecule has 0 atom stereocenters. The molecule has 2 heterocycles. The van der Waals surface area contributed by atoms with Crippen LogP contribution in [0.5, 0.6) is 0 Å². The first kappa shape index (κ1) is 17.8. The molecular formula is C18H19ClFN3O2. The van der Waals surface area contributed by atoms with E-state index in [9.17, 15) is 14.3 Å². The fraction of sp³-hybridized carbons (Fsp3) is 0.333. The van der Waals surface area contributed by atoms with Crippen LogP contribution in [0.3, 0.4) is 0 Å². The van der Waals surface area contributed by atoms with E-state index in [1.54, 1.807) is 6.20 Å². The van der Waals surface area contributed by atoms with Crippen molar-refractivity contribution in [2.24, 2.45) is 0 Å². The van der Waals surface area contributed by atoms with Crippen molar-refractivity contribution in [2.75, 3.05) is 25.0 Å². The van der Waals surface area contributed by atoms with Crippen molar-refractivity contribution >= 4 is 23.2 Å². The molecule has 2 N–H and O–H groups in total. The minimum Gasteiger partial charge on any atom is -0.383 e. The van der Waals surface area contributed by atoms with Gasteiger partial charge in [0.15, 0.2) is 0 Å². The highest BCUT2D eigenvalue weighted by Crippen LogP contribution is 2.31. The van der Waals surface area contributed by atoms with Gasteiger partial charge < -0.3 is 10.4 Å². The standard InChI is InChI=1S/C18H19ClFN3O2/c19-14-11-13(4-5-15(14)20)22-17(24)12-23-9-6-18(25,7-10-23)16-3-1-2-8-21-16/h1-5,8,11,25H,6-7,9-10,12H2,(H,22,24). The summed E-state index contributed by atoms with van der Waals surface area (Å²) in [4.78, 5) is 18.4. The van der Waals surface area contributed by atoms with Crippen LogP contribution >= 0.6 is 11.6 Å². The number of carbonyl (C=O) groups is 1. The molecule has 1 aliphatic heterocycles. The fourth-order valence-corrected chi connectivity index (χ4v) is 3.13. The molecule has 1 aromatic heterocycles. The number of aromatic nitrogens is 1. The van der Waals surface area contributed by atoms with Crippen LogP contribution in [0.25, 0.3) is 0 Å². The third kappa shape index (κ3) is 4.34. The topological polar surface area (TPSA) is 65.5 Å². The summed E-state index contributed by atoms with van der Waals surface area (Å²) in [6.45, 7) is 1.38. The lowest BCUT2D eigenvalue weighted by Gasteiger charge is -2.37. The van der Waals surface area contributed by atoms with E-state index in [1.165, 1.54) is 18.2 Å². The van der Waals surface area contributed by atoms with Crippen molar-refractivity contribution in [1.82, 2.24) is 9.88 Å². The molecule has 25 heavy (non-hydrogen) atoms. The number of piperidine rings is 1. The van der Waals surface area contributed by atoms with E-state index in [2.05, 4.69) is 10.3 Å². The highest BCUT2D eigenvalue weighted by Gasteiger charge is 2.35. The fourth-order valence-electron chi connectivity index (χ4n) is 2.95. The molecule has 5 nitrogen and oxygen atoms in total. The molecule has 132 valence electrons. The number of pyridine rings is 1. The highest BCUT2D eigenvalue weighted by molar-refractivity contribution is 6.31. The maximum Gasteiger partial charge on any atom is 0.238 e. The zero-order chi connectivity index (χ0) is 17.9. The quantitative estimate of drug-likeness (QED) is 0.876. The predicted octanol–water partition coefficient (Wildman–Crippen LogP) is 2.80. The number of aliphatic hydroxyl groups is 1. The van der Waals surface area contributed by atoms with E-state index in [4.69, 9.17) is 11.6 Å². The molecule has 0 bridgehead atoms. The molecule has 0 saturated carbocycles. The highest BCUT2D eigenvalue weighted by atomic mass is 35.5. The molecular weight excluding hydrogens is 345 g/mol. The van der Waals surface area contributed by atoms with Crippen molar-refractivity contribution in [1.29, 1.82) is 0 Å². The Kier molecular flexibility index (Phi) is 5.32. The Bertz CT molecular complexity index is 749. The average Bonchev–Trinajstić information content (AvgIpc) is 2.61. The van der Waals surface area contributed by atoms with Gasteiger partial charge in [-0.3, -0.25) is 14.7 Å². The van der Waals surface area contributed by atoms with Crippen LogP contribution in [0.2, 0.25) is 5.02 Å². The van der Waals surface area contributed by atoms with Crippen molar-refractivity contribution < 1.29 is 14.3 Å². The van der Waals surface area contributed by atoms with E-state index < -0.39 is 11.4 Å². The van der Waals surface area contributed by atoms with Gasteiger partial charge in [-0.25, -0.2) is 4.39 Å². The molecule has 1 aromatic carbocycles. The molecule has 2 aromatic rings. The molecule has 1 saturated heterocycles. The Morgan fingerprint density at radius 1 is 1.32 bits per heavy atom. The van der Waals surface area contributed by atoms with E-state index >= 15 is 0 Å². The molecule has 0 radical (unpaired) electrons. The van der Waals surface area contributed by atoms with Crippen molar-refractivity contribution in [3.8, 4) is 0 Å². The summed E-state index contributed by atoms with van der Waals surface area (Å²) < 4.78 is 13.1. The Hall–Kier alpha value is -2.02. The number of nitrogens with one attached hydrogen (secondary N) is 1. The lowest BCUT2D eigenvalue weighted by atomic mass is 9.88. The number of halogens is 2. The number of hydrogen-bond acceptors (Lipinski definition) is 4. The number of nitrogens with zero attached hydrogens (tertiary/aromatic N) is 2. The summed E-state index contributed by atoms with van der Waals surface area (Å²) in [6.07, 6.45) is 2.69. The number of benzene rings is 1. The second-order valence-corrected chi connectivity index (χ2v) is 6.61. The van der Waals surface area contributed by atoms with Crippen LogP contribution in [0.4, 0.5) is 10.1 Å². The van der Waals surface area contributed by atoms with E-state index in [-0.39, 0.29) is 17.5 Å². The van der Waals surface area contributed by atoms with Gasteiger partial charge in [0.1, 0.15) is 11.4 Å². The van der Waals surface area contributed by atoms with Gasteiger partial charge in [-0.15, -0.1) is 0 Å². The first-order valence-corrected chi connectivity index (χ1v) is 8.45. The summed E-state index contributed by atoms with van der Waals surface area (Å²) in [5, 5.41) is 13.4. The summed E-state index contributed by atoms with van der Waals surface area (Å²) in [7, 11) is 0. The normalized spacial score (nSPS) is 17.2. The molecule has 3 rings (SSSR count). The maximum absolute atomic E-state index is 13.1. The molecule has 7 heteroatoms. The zero-order valence-corrected chi connectivity index (χ0v) is 14.3. The molecule has 1 amide bonds. The SMILES string of the molecule is O=C(CN1CCC(O)(c2ccccn2)CC1)Nc1ccc(F)c(Cl)c1. The average molecular weight is 364 g/mol. The van der Waals surface area contributed by atoms with Gasteiger partial charge in [0, 0.05) is 25.0 Å². The van der Waals surface area contributed by atoms with Gasteiger partial charge in [0.05, 0.1) is 17.3 Å². The predicted molar refractivity (Wildman–Crippen MR) is 93.8 cm³/mol. The lowest BCUT2D eigenvalue weighted by Crippen LogP contribution is -2.45. The van der Waals surface area contributed by atoms with Crippen LogP contribution in [0.1, 0.15) is 18.5 Å². The summed E-state index contributed by atoms with van der Waals surface area (Å²) in [6, 6.07) is 9.55. The minimum absolute atomic E-state index is 0.0313. The summed E-state index contributed by atoms with van der Waals surface area (Å²) in [5.74, 6) is -0.726. The van der Waals surface area contributed by atoms with Crippen molar-refractivity contribution in [2.45, 2.75) is 18.4 Å². The van der Waals surface area contributed by atoms with Gasteiger partial charge >= 0.3 is 0 Å². The monoisotopic (exact) mass is 363 g/mol. The molecule has 1 fully saturated rings. The number of hydrogen-bond donors (Lipinski definition) is 2. The Morgan fingerprint density at radius 2 is 2.08 bits per heavy atom. The zero-order valence-electron chi connectivity index (χ0n) is 13.6. The first-order chi connectivity index (χ1) is 12.0. The third-order valence-electron chi connectivity index (χ3n) is 4.40. The van der Waals surface area contributed by atoms with Crippen molar-refractivity contribution in [3.63, 3.8) is 0 Å². The number of anilines is 1. The summed E-state index contributed by atoms with van der Waals surface area (Å²) in [5.41, 5.74) is 0.178. The second kappa shape index (κ2) is 7.47. The van der Waals surface area contributed by atoms with Crippen LogP contribution in [0, 0.1) is 5.82 Å². The third-order valence-corrected chi connectivity index (χ3v) is 4.69. The molecule has 0 unspecified atom stereocenters. The second-order valence-electron chi connectivity index (χ2n) is 6.20. The number of amides is 1. The Labute approximate surface area is 150 Å². The first-order valence-electron chi connectivity index (χ1n) is 8.07. The number of likely N-dealkylation sites (tertiary alicyclic amines) is 1. The minimum atomic E-state index is -0.946. The van der Waals surface area contributed by atoms with Crippen LogP contribution < -0.4 is 5.32 Å². The van der Waals surface area contributed by atoms with E-state index in [0.29, 0.717) is 37.3 Å². The number of rotatable bonds is 4. The Balaban J connectivity index is 1.53. The molecule has 1 aliphatic rings. The van der Waals surface area contributed by atoms with E-state index in [1.807, 2.05) is 23.1 Å². The maximum atomic E-state index is 13.1. The van der Waals surface area contributed by atoms with Crippen LogP contribution in [0.15, 0.2) is 42.6 Å². The van der Waals surface area contributed by atoms with Crippen molar-refractivity contribution in [3.05, 3.63) is 59.1 Å². The molecule has 0 spiro atoms. The smallest absolute Gasteiger partial charge is 0.238 e.